The highest BCUT2D eigenvalue weighted by molar-refractivity contribution is 4.78. The first-order valence-corrected chi connectivity index (χ1v) is 5.58. The van der Waals surface area contributed by atoms with Gasteiger partial charge in [-0.3, -0.25) is 4.68 Å². The second kappa shape index (κ2) is 6.58. The van der Waals surface area contributed by atoms with Crippen molar-refractivity contribution < 1.29 is 5.11 Å². The van der Waals surface area contributed by atoms with Crippen molar-refractivity contribution in [2.45, 2.75) is 32.9 Å². The van der Waals surface area contributed by atoms with E-state index in [4.69, 9.17) is 0 Å². The number of aliphatic hydroxyl groups is 1. The second-order valence-electron chi connectivity index (χ2n) is 4.05. The smallest absolute Gasteiger partial charge is 0.0860 e. The second-order valence-corrected chi connectivity index (χ2v) is 4.05. The lowest BCUT2D eigenvalue weighted by molar-refractivity contribution is 0.145. The third-order valence-corrected chi connectivity index (χ3v) is 2.53. The molecule has 1 rings (SSSR count). The zero-order chi connectivity index (χ0) is 11.1. The van der Waals surface area contributed by atoms with Crippen LogP contribution in [0.5, 0.6) is 0 Å². The highest BCUT2D eigenvalue weighted by atomic mass is 16.3. The highest BCUT2D eigenvalue weighted by Gasteiger charge is 2.05. The van der Waals surface area contributed by atoms with Gasteiger partial charge < -0.3 is 10.4 Å². The molecule has 0 aliphatic rings. The van der Waals surface area contributed by atoms with Crippen LogP contribution in [0.1, 0.15) is 20.3 Å². The lowest BCUT2D eigenvalue weighted by Crippen LogP contribution is -2.32. The quantitative estimate of drug-likeness (QED) is 0.704. The van der Waals surface area contributed by atoms with Gasteiger partial charge in [-0.1, -0.05) is 20.3 Å². The third kappa shape index (κ3) is 4.95. The standard InChI is InChI=1S/C11H21N3O/c1-3-10(2)7-12-8-11(15)9-14-6-4-5-13-14/h4-6,10-12,15H,3,7-9H2,1-2H3. The van der Waals surface area contributed by atoms with Crippen LogP contribution in [-0.2, 0) is 6.54 Å². The molecule has 0 bridgehead atoms. The maximum atomic E-state index is 9.68. The van der Waals surface area contributed by atoms with Gasteiger partial charge in [0.2, 0.25) is 0 Å². The van der Waals surface area contributed by atoms with E-state index in [0.29, 0.717) is 19.0 Å². The normalized spacial score (nSPS) is 15.1. The fourth-order valence-electron chi connectivity index (χ4n) is 1.33. The average Bonchev–Trinajstić information content (AvgIpc) is 2.70. The maximum Gasteiger partial charge on any atom is 0.0860 e. The Morgan fingerprint density at radius 2 is 2.27 bits per heavy atom. The lowest BCUT2D eigenvalue weighted by atomic mass is 10.1. The van der Waals surface area contributed by atoms with E-state index in [1.807, 2.05) is 12.3 Å². The zero-order valence-electron chi connectivity index (χ0n) is 9.56. The van der Waals surface area contributed by atoms with Crippen LogP contribution in [-0.4, -0.2) is 34.1 Å². The van der Waals surface area contributed by atoms with E-state index in [2.05, 4.69) is 24.3 Å². The molecule has 1 aromatic rings. The summed E-state index contributed by atoms with van der Waals surface area (Å²) in [5, 5.41) is 17.0. The number of nitrogens with one attached hydrogen (secondary N) is 1. The Kier molecular flexibility index (Phi) is 5.36. The van der Waals surface area contributed by atoms with Gasteiger partial charge in [0.05, 0.1) is 12.6 Å². The molecule has 0 aliphatic carbocycles. The van der Waals surface area contributed by atoms with E-state index in [1.165, 1.54) is 6.42 Å². The highest BCUT2D eigenvalue weighted by Crippen LogP contribution is 1.97. The van der Waals surface area contributed by atoms with Gasteiger partial charge >= 0.3 is 0 Å². The van der Waals surface area contributed by atoms with Crippen molar-refractivity contribution in [3.05, 3.63) is 18.5 Å². The van der Waals surface area contributed by atoms with Crippen LogP contribution in [0.4, 0.5) is 0 Å². The Hall–Kier alpha value is -0.870. The maximum absolute atomic E-state index is 9.68. The molecule has 2 atom stereocenters. The Labute approximate surface area is 91.3 Å². The molecule has 0 spiro atoms. The number of hydrogen-bond acceptors (Lipinski definition) is 3. The summed E-state index contributed by atoms with van der Waals surface area (Å²) in [4.78, 5) is 0. The monoisotopic (exact) mass is 211 g/mol. The molecule has 4 nitrogen and oxygen atoms in total. The summed E-state index contributed by atoms with van der Waals surface area (Å²) in [5.74, 6) is 0.668. The predicted molar refractivity (Wildman–Crippen MR) is 60.6 cm³/mol. The van der Waals surface area contributed by atoms with Crippen molar-refractivity contribution in [2.24, 2.45) is 5.92 Å². The lowest BCUT2D eigenvalue weighted by Gasteiger charge is -2.14. The van der Waals surface area contributed by atoms with Gasteiger partial charge in [0.25, 0.3) is 0 Å². The van der Waals surface area contributed by atoms with E-state index in [0.717, 1.165) is 6.54 Å². The fraction of sp³-hybridized carbons (Fsp3) is 0.727. The first-order valence-electron chi connectivity index (χ1n) is 5.58. The molecule has 0 fully saturated rings. The Morgan fingerprint density at radius 3 is 2.87 bits per heavy atom. The number of aliphatic hydroxyl groups excluding tert-OH is 1. The molecule has 1 heterocycles. The van der Waals surface area contributed by atoms with Crippen LogP contribution in [0, 0.1) is 5.92 Å². The van der Waals surface area contributed by atoms with E-state index in [1.54, 1.807) is 10.9 Å². The summed E-state index contributed by atoms with van der Waals surface area (Å²) in [6.45, 7) is 6.52. The Balaban J connectivity index is 2.11. The van der Waals surface area contributed by atoms with Gasteiger partial charge in [0.1, 0.15) is 0 Å². The van der Waals surface area contributed by atoms with Crippen LogP contribution < -0.4 is 5.32 Å². The van der Waals surface area contributed by atoms with E-state index in [-0.39, 0.29) is 6.10 Å². The zero-order valence-corrected chi connectivity index (χ0v) is 9.56. The summed E-state index contributed by atoms with van der Waals surface area (Å²) in [5.41, 5.74) is 0. The van der Waals surface area contributed by atoms with Crippen LogP contribution >= 0.6 is 0 Å². The third-order valence-electron chi connectivity index (χ3n) is 2.53. The topological polar surface area (TPSA) is 50.1 Å². The van der Waals surface area contributed by atoms with Crippen molar-refractivity contribution in [1.82, 2.24) is 15.1 Å². The number of aromatic nitrogens is 2. The molecule has 0 radical (unpaired) electrons. The van der Waals surface area contributed by atoms with E-state index < -0.39 is 0 Å². The van der Waals surface area contributed by atoms with Gasteiger partial charge in [-0.2, -0.15) is 5.10 Å². The van der Waals surface area contributed by atoms with Gasteiger partial charge in [0.15, 0.2) is 0 Å². The van der Waals surface area contributed by atoms with Crippen molar-refractivity contribution in [3.63, 3.8) is 0 Å². The molecule has 0 saturated carbocycles. The molecule has 0 aliphatic heterocycles. The van der Waals surface area contributed by atoms with Gasteiger partial charge in [0, 0.05) is 18.9 Å². The van der Waals surface area contributed by atoms with Crippen LogP contribution in [0.25, 0.3) is 0 Å². The Morgan fingerprint density at radius 1 is 1.47 bits per heavy atom. The first-order chi connectivity index (χ1) is 7.22. The summed E-state index contributed by atoms with van der Waals surface area (Å²) < 4.78 is 1.75. The molecule has 1 aromatic heterocycles. The minimum atomic E-state index is -0.367. The van der Waals surface area contributed by atoms with Crippen LogP contribution in [0.15, 0.2) is 18.5 Å². The van der Waals surface area contributed by atoms with Gasteiger partial charge in [-0.05, 0) is 18.5 Å². The minimum Gasteiger partial charge on any atom is -0.390 e. The van der Waals surface area contributed by atoms with Gasteiger partial charge in [-0.15, -0.1) is 0 Å². The van der Waals surface area contributed by atoms with Crippen molar-refractivity contribution >= 4 is 0 Å². The van der Waals surface area contributed by atoms with Crippen LogP contribution in [0.2, 0.25) is 0 Å². The first kappa shape index (κ1) is 12.2. The molecule has 86 valence electrons. The molecular weight excluding hydrogens is 190 g/mol. The van der Waals surface area contributed by atoms with E-state index >= 15 is 0 Å². The summed E-state index contributed by atoms with van der Waals surface area (Å²) in [6.07, 6.45) is 4.38. The number of nitrogens with zero attached hydrogens (tertiary/aromatic N) is 2. The van der Waals surface area contributed by atoms with Gasteiger partial charge in [-0.25, -0.2) is 0 Å². The molecule has 2 N–H and O–H groups in total. The summed E-state index contributed by atoms with van der Waals surface area (Å²) in [7, 11) is 0. The van der Waals surface area contributed by atoms with Crippen LogP contribution in [0.3, 0.4) is 0 Å². The SMILES string of the molecule is CCC(C)CNCC(O)Cn1cccn1. The predicted octanol–water partition coefficient (Wildman–Crippen LogP) is 0.880. The molecular formula is C11H21N3O. The van der Waals surface area contributed by atoms with Crippen molar-refractivity contribution in [3.8, 4) is 0 Å². The van der Waals surface area contributed by atoms with Crippen molar-refractivity contribution in [2.75, 3.05) is 13.1 Å². The fourth-order valence-corrected chi connectivity index (χ4v) is 1.33. The number of rotatable bonds is 7. The Bertz CT molecular complexity index is 248. The summed E-state index contributed by atoms with van der Waals surface area (Å²) >= 11 is 0. The molecule has 2 unspecified atom stereocenters. The number of hydrogen-bond donors (Lipinski definition) is 2. The summed E-state index contributed by atoms with van der Waals surface area (Å²) in [6, 6.07) is 1.86. The molecule has 0 amide bonds. The molecule has 0 aromatic carbocycles. The largest absolute Gasteiger partial charge is 0.390 e. The average molecular weight is 211 g/mol. The van der Waals surface area contributed by atoms with E-state index in [9.17, 15) is 5.11 Å². The van der Waals surface area contributed by atoms with Crippen molar-refractivity contribution in [1.29, 1.82) is 0 Å². The molecule has 15 heavy (non-hydrogen) atoms. The molecule has 4 heteroatoms. The molecule has 0 saturated heterocycles. The minimum absolute atomic E-state index is 0.367.